The number of hydrogen-bond acceptors (Lipinski definition) is 4. The summed E-state index contributed by atoms with van der Waals surface area (Å²) in [5.74, 6) is -1.14. The van der Waals surface area contributed by atoms with Crippen molar-refractivity contribution in [1.82, 2.24) is 10.3 Å². The lowest BCUT2D eigenvalue weighted by Gasteiger charge is -2.12. The van der Waals surface area contributed by atoms with Crippen molar-refractivity contribution >= 4 is 23.5 Å². The zero-order valence-corrected chi connectivity index (χ0v) is 11.4. The van der Waals surface area contributed by atoms with Gasteiger partial charge in [0.15, 0.2) is 0 Å². The summed E-state index contributed by atoms with van der Waals surface area (Å²) in [5.41, 5.74) is 0.255. The molecule has 6 nitrogen and oxygen atoms in total. The Morgan fingerprint density at radius 1 is 1.58 bits per heavy atom. The van der Waals surface area contributed by atoms with Crippen molar-refractivity contribution in [2.45, 2.75) is 26.3 Å². The molecule has 1 amide bonds. The summed E-state index contributed by atoms with van der Waals surface area (Å²) >= 11 is 5.91. The van der Waals surface area contributed by atoms with Crippen LogP contribution in [0.4, 0.5) is 0 Å². The number of pyridine rings is 1. The van der Waals surface area contributed by atoms with Crippen molar-refractivity contribution in [3.05, 3.63) is 22.8 Å². The zero-order valence-electron chi connectivity index (χ0n) is 10.6. The van der Waals surface area contributed by atoms with Crippen LogP contribution < -0.4 is 10.1 Å². The van der Waals surface area contributed by atoms with Gasteiger partial charge in [0, 0.05) is 12.2 Å². The van der Waals surface area contributed by atoms with E-state index in [0.717, 1.165) is 0 Å². The van der Waals surface area contributed by atoms with Gasteiger partial charge in [0.1, 0.15) is 5.02 Å². The van der Waals surface area contributed by atoms with Crippen LogP contribution in [-0.4, -0.2) is 34.6 Å². The van der Waals surface area contributed by atoms with Crippen LogP contribution in [0.15, 0.2) is 12.3 Å². The number of amides is 1. The number of nitrogens with one attached hydrogen (secondary N) is 1. The van der Waals surface area contributed by atoms with Crippen LogP contribution in [0.2, 0.25) is 5.02 Å². The average molecular weight is 287 g/mol. The first kappa shape index (κ1) is 15.2. The fourth-order valence-corrected chi connectivity index (χ4v) is 1.63. The lowest BCUT2D eigenvalue weighted by molar-refractivity contribution is -0.137. The van der Waals surface area contributed by atoms with Gasteiger partial charge in [-0.2, -0.15) is 0 Å². The third kappa shape index (κ3) is 4.75. The summed E-state index contributed by atoms with van der Waals surface area (Å²) in [4.78, 5) is 26.2. The molecule has 0 bridgehead atoms. The quantitative estimate of drug-likeness (QED) is 0.831. The maximum absolute atomic E-state index is 11.8. The van der Waals surface area contributed by atoms with Crippen molar-refractivity contribution in [2.75, 3.05) is 6.61 Å². The van der Waals surface area contributed by atoms with Crippen molar-refractivity contribution in [2.24, 2.45) is 0 Å². The number of carbonyl (C=O) groups is 2. The van der Waals surface area contributed by atoms with Gasteiger partial charge in [-0.1, -0.05) is 11.6 Å². The molecule has 1 heterocycles. The second-order valence-corrected chi connectivity index (χ2v) is 4.32. The summed E-state index contributed by atoms with van der Waals surface area (Å²) < 4.78 is 5.15. The van der Waals surface area contributed by atoms with E-state index in [1.807, 2.05) is 0 Å². The normalized spacial score (nSPS) is 11.7. The fourth-order valence-electron chi connectivity index (χ4n) is 1.41. The van der Waals surface area contributed by atoms with E-state index >= 15 is 0 Å². The molecule has 1 rings (SSSR count). The summed E-state index contributed by atoms with van der Waals surface area (Å²) in [6.45, 7) is 3.83. The number of nitrogens with zero attached hydrogens (tertiary/aromatic N) is 1. The maximum atomic E-state index is 11.8. The van der Waals surface area contributed by atoms with Gasteiger partial charge in [-0.25, -0.2) is 4.98 Å². The van der Waals surface area contributed by atoms with Crippen LogP contribution in [0.5, 0.6) is 5.88 Å². The van der Waals surface area contributed by atoms with Crippen LogP contribution in [0.1, 0.15) is 30.6 Å². The number of carboxylic acids is 1. The minimum absolute atomic E-state index is 0.149. The molecular weight excluding hydrogens is 272 g/mol. The van der Waals surface area contributed by atoms with Crippen molar-refractivity contribution in [1.29, 1.82) is 0 Å². The Kier molecular flexibility index (Phi) is 5.57. The molecule has 0 saturated heterocycles. The molecule has 0 aliphatic carbocycles. The largest absolute Gasteiger partial charge is 0.481 e. The summed E-state index contributed by atoms with van der Waals surface area (Å²) in [6, 6.07) is 0.956. The molecule has 0 aromatic carbocycles. The second kappa shape index (κ2) is 6.94. The number of carbonyl (C=O) groups excluding carboxylic acids is 1. The van der Waals surface area contributed by atoms with Crippen LogP contribution >= 0.6 is 11.6 Å². The highest BCUT2D eigenvalue weighted by molar-refractivity contribution is 6.32. The van der Waals surface area contributed by atoms with Crippen molar-refractivity contribution < 1.29 is 19.4 Å². The van der Waals surface area contributed by atoms with E-state index in [9.17, 15) is 9.59 Å². The predicted octanol–water partition coefficient (Wildman–Crippen LogP) is 1.73. The summed E-state index contributed by atoms with van der Waals surface area (Å²) in [6.07, 6.45) is 1.18. The zero-order chi connectivity index (χ0) is 14.4. The van der Waals surface area contributed by atoms with Gasteiger partial charge in [0.05, 0.1) is 18.6 Å². The molecule has 1 aromatic heterocycles. The van der Waals surface area contributed by atoms with Gasteiger partial charge < -0.3 is 15.2 Å². The molecule has 0 fully saturated rings. The third-order valence-electron chi connectivity index (χ3n) is 2.21. The number of halogens is 1. The number of aliphatic carboxylic acids is 1. The predicted molar refractivity (Wildman–Crippen MR) is 69.6 cm³/mol. The Bertz CT molecular complexity index is 479. The van der Waals surface area contributed by atoms with Gasteiger partial charge >= 0.3 is 5.97 Å². The molecule has 19 heavy (non-hydrogen) atoms. The lowest BCUT2D eigenvalue weighted by atomic mass is 10.2. The standard InChI is InChI=1S/C12H15ClN2O4/c1-3-19-12-9(13)5-8(6-14-12)11(18)15-7(2)4-10(16)17/h5-7H,3-4H2,1-2H3,(H,15,18)(H,16,17). The number of ether oxygens (including phenoxy) is 1. The Morgan fingerprint density at radius 3 is 2.79 bits per heavy atom. The maximum Gasteiger partial charge on any atom is 0.305 e. The van der Waals surface area contributed by atoms with Crippen LogP contribution in [0.3, 0.4) is 0 Å². The SMILES string of the molecule is CCOc1ncc(C(=O)NC(C)CC(=O)O)cc1Cl. The highest BCUT2D eigenvalue weighted by Crippen LogP contribution is 2.22. The third-order valence-corrected chi connectivity index (χ3v) is 2.48. The van der Waals surface area contributed by atoms with E-state index in [4.69, 9.17) is 21.4 Å². The van der Waals surface area contributed by atoms with E-state index < -0.39 is 17.9 Å². The topological polar surface area (TPSA) is 88.5 Å². The van der Waals surface area contributed by atoms with Gasteiger partial charge in [-0.05, 0) is 19.9 Å². The molecule has 1 unspecified atom stereocenters. The molecule has 0 radical (unpaired) electrons. The Balaban J connectivity index is 2.72. The highest BCUT2D eigenvalue weighted by atomic mass is 35.5. The van der Waals surface area contributed by atoms with Gasteiger partial charge in [-0.15, -0.1) is 0 Å². The van der Waals surface area contributed by atoms with E-state index in [-0.39, 0.29) is 22.9 Å². The van der Waals surface area contributed by atoms with Gasteiger partial charge in [-0.3, -0.25) is 9.59 Å². The first-order valence-corrected chi connectivity index (χ1v) is 6.12. The van der Waals surface area contributed by atoms with Gasteiger partial charge in [0.25, 0.3) is 5.91 Å². The molecule has 0 spiro atoms. The summed E-state index contributed by atoms with van der Waals surface area (Å²) in [7, 11) is 0. The first-order chi connectivity index (χ1) is 8.93. The van der Waals surface area contributed by atoms with Crippen LogP contribution in [-0.2, 0) is 4.79 Å². The van der Waals surface area contributed by atoms with E-state index in [1.165, 1.54) is 12.3 Å². The van der Waals surface area contributed by atoms with Crippen molar-refractivity contribution in [3.63, 3.8) is 0 Å². The number of aromatic nitrogens is 1. The van der Waals surface area contributed by atoms with E-state index in [1.54, 1.807) is 13.8 Å². The fraction of sp³-hybridized carbons (Fsp3) is 0.417. The highest BCUT2D eigenvalue weighted by Gasteiger charge is 2.14. The van der Waals surface area contributed by atoms with Crippen molar-refractivity contribution in [3.8, 4) is 5.88 Å². The van der Waals surface area contributed by atoms with Gasteiger partial charge in [0.2, 0.25) is 5.88 Å². The number of rotatable bonds is 6. The Hall–Kier alpha value is -1.82. The molecule has 0 saturated carbocycles. The number of hydrogen-bond donors (Lipinski definition) is 2. The Labute approximate surface area is 115 Å². The minimum Gasteiger partial charge on any atom is -0.481 e. The second-order valence-electron chi connectivity index (χ2n) is 3.92. The molecule has 0 aliphatic heterocycles. The molecular formula is C12H15ClN2O4. The van der Waals surface area contributed by atoms with Crippen LogP contribution in [0, 0.1) is 0 Å². The monoisotopic (exact) mass is 286 g/mol. The molecule has 1 aromatic rings. The number of carboxylic acid groups (broad SMARTS) is 1. The molecule has 7 heteroatoms. The lowest BCUT2D eigenvalue weighted by Crippen LogP contribution is -2.34. The molecule has 1 atom stereocenters. The van der Waals surface area contributed by atoms with E-state index in [2.05, 4.69) is 10.3 Å². The first-order valence-electron chi connectivity index (χ1n) is 5.75. The smallest absolute Gasteiger partial charge is 0.305 e. The molecule has 0 aliphatic rings. The summed E-state index contributed by atoms with van der Waals surface area (Å²) in [5, 5.41) is 11.4. The van der Waals surface area contributed by atoms with Crippen LogP contribution in [0.25, 0.3) is 0 Å². The molecule has 104 valence electrons. The van der Waals surface area contributed by atoms with E-state index in [0.29, 0.717) is 6.61 Å². The average Bonchev–Trinajstić information content (AvgIpc) is 2.30. The minimum atomic E-state index is -0.976. The Morgan fingerprint density at radius 2 is 2.26 bits per heavy atom. The molecule has 2 N–H and O–H groups in total.